The van der Waals surface area contributed by atoms with Crippen molar-refractivity contribution in [2.45, 2.75) is 20.0 Å². The van der Waals surface area contributed by atoms with Gasteiger partial charge in [-0.1, -0.05) is 5.16 Å². The zero-order chi connectivity index (χ0) is 15.2. The normalized spacial score (nSPS) is 10.7. The van der Waals surface area contributed by atoms with E-state index in [4.69, 9.17) is 14.4 Å². The van der Waals surface area contributed by atoms with Crippen LogP contribution in [0.2, 0.25) is 0 Å². The fourth-order valence-electron chi connectivity index (χ4n) is 1.63. The second-order valence-electron chi connectivity index (χ2n) is 4.59. The Morgan fingerprint density at radius 1 is 1.38 bits per heavy atom. The Balaban J connectivity index is 2.08. The van der Waals surface area contributed by atoms with Gasteiger partial charge in [0.25, 0.3) is 0 Å². The molecular weight excluding hydrogens is 274 g/mol. The predicted octanol–water partition coefficient (Wildman–Crippen LogP) is 1.25. The number of amides is 1. The summed E-state index contributed by atoms with van der Waals surface area (Å²) >= 11 is 0. The van der Waals surface area contributed by atoms with Crippen molar-refractivity contribution < 1.29 is 19.2 Å². The number of ether oxygens (including phenoxy) is 1. The largest absolute Gasteiger partial charge is 0.491 e. The molecule has 0 aliphatic heterocycles. The first-order valence-electron chi connectivity index (χ1n) is 6.60. The lowest BCUT2D eigenvalue weighted by Crippen LogP contribution is -2.26. The van der Waals surface area contributed by atoms with Gasteiger partial charge in [-0.05, 0) is 38.1 Å². The molecule has 2 aromatic rings. The van der Waals surface area contributed by atoms with Gasteiger partial charge in [-0.2, -0.15) is 4.98 Å². The molecule has 112 valence electrons. The summed E-state index contributed by atoms with van der Waals surface area (Å²) in [6.45, 7) is 3.89. The Morgan fingerprint density at radius 3 is 2.71 bits per heavy atom. The van der Waals surface area contributed by atoms with Gasteiger partial charge in [0.2, 0.25) is 5.82 Å². The first kappa shape index (κ1) is 15.0. The van der Waals surface area contributed by atoms with E-state index in [1.165, 1.54) is 0 Å². The van der Waals surface area contributed by atoms with E-state index in [9.17, 15) is 4.79 Å². The number of rotatable bonds is 6. The molecular formula is C14H17N3O4. The monoisotopic (exact) mass is 291 g/mol. The molecule has 0 aliphatic carbocycles. The van der Waals surface area contributed by atoms with Gasteiger partial charge >= 0.3 is 11.8 Å². The van der Waals surface area contributed by atoms with Crippen LogP contribution in [-0.4, -0.2) is 40.4 Å². The number of aliphatic hydroxyl groups excluding tert-OH is 1. The molecule has 21 heavy (non-hydrogen) atoms. The van der Waals surface area contributed by atoms with Gasteiger partial charge in [-0.25, -0.2) is 0 Å². The van der Waals surface area contributed by atoms with E-state index >= 15 is 0 Å². The van der Waals surface area contributed by atoms with Crippen molar-refractivity contribution in [1.82, 2.24) is 15.5 Å². The predicted molar refractivity (Wildman–Crippen MR) is 74.9 cm³/mol. The Hall–Kier alpha value is -2.41. The molecule has 0 radical (unpaired) electrons. The van der Waals surface area contributed by atoms with Crippen LogP contribution in [0, 0.1) is 0 Å². The van der Waals surface area contributed by atoms with Crippen LogP contribution in [0.5, 0.6) is 5.75 Å². The molecule has 1 heterocycles. The zero-order valence-electron chi connectivity index (χ0n) is 11.9. The summed E-state index contributed by atoms with van der Waals surface area (Å²) in [5, 5.41) is 14.8. The maximum Gasteiger partial charge on any atom is 0.316 e. The van der Waals surface area contributed by atoms with Crippen molar-refractivity contribution in [2.24, 2.45) is 0 Å². The smallest absolute Gasteiger partial charge is 0.316 e. The number of carbonyl (C=O) groups excluding carboxylic acids is 1. The number of hydrogen-bond acceptors (Lipinski definition) is 6. The van der Waals surface area contributed by atoms with Crippen molar-refractivity contribution in [2.75, 3.05) is 13.2 Å². The number of nitrogens with one attached hydrogen (secondary N) is 1. The van der Waals surface area contributed by atoms with E-state index in [0.29, 0.717) is 5.82 Å². The average molecular weight is 291 g/mol. The van der Waals surface area contributed by atoms with E-state index < -0.39 is 5.91 Å². The number of carbonyl (C=O) groups is 1. The molecule has 1 aromatic carbocycles. The molecule has 1 aromatic heterocycles. The third kappa shape index (κ3) is 4.03. The van der Waals surface area contributed by atoms with Crippen LogP contribution in [0.15, 0.2) is 28.8 Å². The molecule has 0 aliphatic rings. The fourth-order valence-corrected chi connectivity index (χ4v) is 1.63. The quantitative estimate of drug-likeness (QED) is 0.831. The third-order valence-corrected chi connectivity index (χ3v) is 2.50. The van der Waals surface area contributed by atoms with Gasteiger partial charge in [0, 0.05) is 12.1 Å². The van der Waals surface area contributed by atoms with Gasteiger partial charge in [0.05, 0.1) is 12.7 Å². The van der Waals surface area contributed by atoms with Crippen LogP contribution in [0.4, 0.5) is 0 Å². The first-order valence-corrected chi connectivity index (χ1v) is 6.60. The van der Waals surface area contributed by atoms with Crippen LogP contribution in [-0.2, 0) is 0 Å². The number of hydrogen-bond donors (Lipinski definition) is 2. The summed E-state index contributed by atoms with van der Waals surface area (Å²) in [4.78, 5) is 15.6. The highest BCUT2D eigenvalue weighted by Crippen LogP contribution is 2.20. The second-order valence-corrected chi connectivity index (χ2v) is 4.59. The minimum Gasteiger partial charge on any atom is -0.491 e. The average Bonchev–Trinajstić information content (AvgIpc) is 2.95. The standard InChI is InChI=1S/C14H17N3O4/c1-9(2)20-11-5-3-10(4-6-11)12-16-14(21-17-12)13(19)15-7-8-18/h3-6,9,18H,7-8H2,1-2H3,(H,15,19). The molecule has 0 fully saturated rings. The molecule has 2 N–H and O–H groups in total. The molecule has 7 heteroatoms. The molecule has 0 saturated heterocycles. The van der Waals surface area contributed by atoms with Gasteiger partial charge in [0.1, 0.15) is 5.75 Å². The van der Waals surface area contributed by atoms with Crippen LogP contribution in [0.3, 0.4) is 0 Å². The lowest BCUT2D eigenvalue weighted by molar-refractivity contribution is 0.0901. The number of aliphatic hydroxyl groups is 1. The van der Waals surface area contributed by atoms with Crippen LogP contribution >= 0.6 is 0 Å². The topological polar surface area (TPSA) is 97.5 Å². The summed E-state index contributed by atoms with van der Waals surface area (Å²) in [6.07, 6.45) is 0.0999. The molecule has 0 atom stereocenters. The summed E-state index contributed by atoms with van der Waals surface area (Å²) in [6, 6.07) is 7.18. The van der Waals surface area contributed by atoms with E-state index in [1.807, 2.05) is 13.8 Å². The molecule has 7 nitrogen and oxygen atoms in total. The van der Waals surface area contributed by atoms with Crippen LogP contribution < -0.4 is 10.1 Å². The molecule has 0 unspecified atom stereocenters. The van der Waals surface area contributed by atoms with Crippen LogP contribution in [0.25, 0.3) is 11.4 Å². The molecule has 0 bridgehead atoms. The minimum absolute atomic E-state index is 0.0999. The van der Waals surface area contributed by atoms with Crippen molar-refractivity contribution in [3.8, 4) is 17.1 Å². The zero-order valence-corrected chi connectivity index (χ0v) is 11.9. The van der Waals surface area contributed by atoms with Gasteiger partial charge in [0.15, 0.2) is 0 Å². The van der Waals surface area contributed by atoms with Crippen molar-refractivity contribution >= 4 is 5.91 Å². The Morgan fingerprint density at radius 2 is 2.10 bits per heavy atom. The van der Waals surface area contributed by atoms with E-state index in [1.54, 1.807) is 24.3 Å². The second kappa shape index (κ2) is 6.85. The summed E-state index contributed by atoms with van der Waals surface area (Å²) in [7, 11) is 0. The SMILES string of the molecule is CC(C)Oc1ccc(-c2noc(C(=O)NCCO)n2)cc1. The highest BCUT2D eigenvalue weighted by Gasteiger charge is 2.15. The third-order valence-electron chi connectivity index (χ3n) is 2.50. The lowest BCUT2D eigenvalue weighted by Gasteiger charge is -2.09. The van der Waals surface area contributed by atoms with E-state index in [-0.39, 0.29) is 25.1 Å². The van der Waals surface area contributed by atoms with Gasteiger partial charge < -0.3 is 19.7 Å². The van der Waals surface area contributed by atoms with Crippen molar-refractivity contribution in [3.63, 3.8) is 0 Å². The van der Waals surface area contributed by atoms with Gasteiger partial charge in [-0.3, -0.25) is 4.79 Å². The van der Waals surface area contributed by atoms with Crippen LogP contribution in [0.1, 0.15) is 24.5 Å². The molecule has 1 amide bonds. The van der Waals surface area contributed by atoms with Crippen molar-refractivity contribution in [1.29, 1.82) is 0 Å². The molecule has 0 saturated carbocycles. The van der Waals surface area contributed by atoms with E-state index in [2.05, 4.69) is 15.5 Å². The summed E-state index contributed by atoms with van der Waals surface area (Å²) in [5.74, 6) is 0.418. The lowest BCUT2D eigenvalue weighted by atomic mass is 10.2. The van der Waals surface area contributed by atoms with E-state index in [0.717, 1.165) is 11.3 Å². The molecule has 2 rings (SSSR count). The first-order chi connectivity index (χ1) is 10.1. The summed E-state index contributed by atoms with van der Waals surface area (Å²) < 4.78 is 10.4. The Bertz CT molecular complexity index is 593. The fraction of sp³-hybridized carbons (Fsp3) is 0.357. The maximum absolute atomic E-state index is 11.6. The Kier molecular flexibility index (Phi) is 4.89. The number of benzene rings is 1. The number of nitrogens with zero attached hydrogens (tertiary/aromatic N) is 2. The highest BCUT2D eigenvalue weighted by molar-refractivity contribution is 5.89. The number of aromatic nitrogens is 2. The Labute approximate surface area is 121 Å². The molecule has 0 spiro atoms. The highest BCUT2D eigenvalue weighted by atomic mass is 16.5. The maximum atomic E-state index is 11.6. The van der Waals surface area contributed by atoms with Crippen molar-refractivity contribution in [3.05, 3.63) is 30.2 Å². The minimum atomic E-state index is -0.512. The van der Waals surface area contributed by atoms with Gasteiger partial charge in [-0.15, -0.1) is 0 Å². The summed E-state index contributed by atoms with van der Waals surface area (Å²) in [5.41, 5.74) is 0.719.